The maximum absolute atomic E-state index is 12.4. The predicted octanol–water partition coefficient (Wildman–Crippen LogP) is 3.48. The van der Waals surface area contributed by atoms with E-state index in [2.05, 4.69) is 0 Å². The number of carbonyl (C=O) groups is 1. The molecule has 0 radical (unpaired) electrons. The van der Waals surface area contributed by atoms with Gasteiger partial charge in [0.05, 0.1) is 18.6 Å². The molecule has 0 aromatic heterocycles. The monoisotopic (exact) mass is 458 g/mol. The van der Waals surface area contributed by atoms with Crippen molar-refractivity contribution in [3.05, 3.63) is 71.8 Å². The molecule has 1 aliphatic rings. The molecule has 180 valence electrons. The molecule has 33 heavy (non-hydrogen) atoms. The van der Waals surface area contributed by atoms with E-state index in [1.165, 1.54) is 7.11 Å². The van der Waals surface area contributed by atoms with Crippen LogP contribution in [-0.4, -0.2) is 55.5 Å². The SMILES string of the molecule is CO[C@@H]1O[C@H](COC(=O)C(C)(C)C)[C@@H](OCc2ccccc2)[C@H](OCc2ccccc2)[C@@H]1O. The Labute approximate surface area is 195 Å². The molecule has 7 heteroatoms. The average Bonchev–Trinajstić information content (AvgIpc) is 2.81. The third-order valence-corrected chi connectivity index (χ3v) is 5.41. The van der Waals surface area contributed by atoms with E-state index in [0.717, 1.165) is 11.1 Å². The summed E-state index contributed by atoms with van der Waals surface area (Å²) in [6.07, 6.45) is -4.17. The first-order valence-electron chi connectivity index (χ1n) is 11.1. The Kier molecular flexibility index (Phi) is 9.00. The van der Waals surface area contributed by atoms with Crippen molar-refractivity contribution in [2.45, 2.75) is 64.7 Å². The van der Waals surface area contributed by atoms with E-state index in [-0.39, 0.29) is 25.8 Å². The van der Waals surface area contributed by atoms with Crippen LogP contribution in [0.1, 0.15) is 31.9 Å². The van der Waals surface area contributed by atoms with Crippen molar-refractivity contribution < 1.29 is 33.6 Å². The highest BCUT2D eigenvalue weighted by molar-refractivity contribution is 5.75. The quantitative estimate of drug-likeness (QED) is 0.576. The normalized spacial score (nSPS) is 25.5. The number of hydrogen-bond acceptors (Lipinski definition) is 7. The first-order valence-corrected chi connectivity index (χ1v) is 11.1. The van der Waals surface area contributed by atoms with Crippen molar-refractivity contribution in [1.29, 1.82) is 0 Å². The van der Waals surface area contributed by atoms with E-state index in [1.807, 2.05) is 60.7 Å². The fourth-order valence-corrected chi connectivity index (χ4v) is 3.52. The molecular weight excluding hydrogens is 424 g/mol. The van der Waals surface area contributed by atoms with Crippen LogP contribution >= 0.6 is 0 Å². The van der Waals surface area contributed by atoms with Crippen molar-refractivity contribution in [3.63, 3.8) is 0 Å². The largest absolute Gasteiger partial charge is 0.462 e. The summed E-state index contributed by atoms with van der Waals surface area (Å²) in [6, 6.07) is 19.4. The molecule has 3 rings (SSSR count). The van der Waals surface area contributed by atoms with Gasteiger partial charge in [0.1, 0.15) is 31.0 Å². The number of carbonyl (C=O) groups excluding carboxylic acids is 1. The lowest BCUT2D eigenvalue weighted by molar-refractivity contribution is -0.312. The van der Waals surface area contributed by atoms with Crippen LogP contribution in [0.3, 0.4) is 0 Å². The van der Waals surface area contributed by atoms with Gasteiger partial charge < -0.3 is 28.8 Å². The molecule has 1 aliphatic heterocycles. The van der Waals surface area contributed by atoms with Gasteiger partial charge in [-0.2, -0.15) is 0 Å². The highest BCUT2D eigenvalue weighted by Gasteiger charge is 2.47. The average molecular weight is 459 g/mol. The van der Waals surface area contributed by atoms with Crippen molar-refractivity contribution in [2.24, 2.45) is 5.41 Å². The summed E-state index contributed by atoms with van der Waals surface area (Å²) in [5, 5.41) is 10.9. The van der Waals surface area contributed by atoms with E-state index in [1.54, 1.807) is 20.8 Å². The molecule has 0 spiro atoms. The van der Waals surface area contributed by atoms with Gasteiger partial charge in [0, 0.05) is 7.11 Å². The van der Waals surface area contributed by atoms with Gasteiger partial charge in [-0.05, 0) is 31.9 Å². The highest BCUT2D eigenvalue weighted by atomic mass is 16.7. The summed E-state index contributed by atoms with van der Waals surface area (Å²) in [4.78, 5) is 12.4. The lowest BCUT2D eigenvalue weighted by atomic mass is 9.96. The maximum Gasteiger partial charge on any atom is 0.311 e. The molecule has 5 atom stereocenters. The smallest absolute Gasteiger partial charge is 0.311 e. The standard InChI is InChI=1S/C26H34O7/c1-26(2,3)25(28)32-17-20-22(30-15-18-11-7-5-8-12-18)23(21(27)24(29-4)33-20)31-16-19-13-9-6-10-14-19/h5-14,20-24,27H,15-17H2,1-4H3/t20-,21+,22-,23-,24-/m1/s1. The van der Waals surface area contributed by atoms with Crippen LogP contribution in [0.25, 0.3) is 0 Å². The number of rotatable bonds is 9. The second kappa shape index (κ2) is 11.7. The Morgan fingerprint density at radius 2 is 1.42 bits per heavy atom. The second-order valence-corrected chi connectivity index (χ2v) is 9.14. The Morgan fingerprint density at radius 3 is 1.91 bits per heavy atom. The topological polar surface area (TPSA) is 83.5 Å². The van der Waals surface area contributed by atoms with E-state index < -0.39 is 36.1 Å². The third kappa shape index (κ3) is 7.09. The van der Waals surface area contributed by atoms with Gasteiger partial charge in [0.2, 0.25) is 0 Å². The number of methoxy groups -OCH3 is 1. The van der Waals surface area contributed by atoms with Crippen LogP contribution in [0.5, 0.6) is 0 Å². The zero-order valence-corrected chi connectivity index (χ0v) is 19.7. The van der Waals surface area contributed by atoms with E-state index >= 15 is 0 Å². The Balaban J connectivity index is 1.79. The number of hydrogen-bond donors (Lipinski definition) is 1. The second-order valence-electron chi connectivity index (χ2n) is 9.14. The van der Waals surface area contributed by atoms with Crippen LogP contribution in [-0.2, 0) is 41.7 Å². The first-order chi connectivity index (χ1) is 15.8. The third-order valence-electron chi connectivity index (χ3n) is 5.41. The molecule has 0 saturated carbocycles. The van der Waals surface area contributed by atoms with Crippen LogP contribution < -0.4 is 0 Å². The number of benzene rings is 2. The van der Waals surface area contributed by atoms with Gasteiger partial charge in [-0.25, -0.2) is 0 Å². The van der Waals surface area contributed by atoms with Crippen LogP contribution in [0, 0.1) is 5.41 Å². The summed E-state index contributed by atoms with van der Waals surface area (Å²) in [5.41, 5.74) is 1.27. The zero-order chi connectivity index (χ0) is 23.8. The van der Waals surface area contributed by atoms with Gasteiger partial charge in [0.15, 0.2) is 6.29 Å². The predicted molar refractivity (Wildman–Crippen MR) is 122 cm³/mol. The number of aliphatic hydroxyl groups is 1. The Hall–Kier alpha value is -2.29. The molecule has 1 N–H and O–H groups in total. The van der Waals surface area contributed by atoms with Gasteiger partial charge in [0.25, 0.3) is 0 Å². The lowest BCUT2D eigenvalue weighted by Crippen LogP contribution is -2.61. The fourth-order valence-electron chi connectivity index (χ4n) is 3.52. The molecule has 0 aliphatic carbocycles. The summed E-state index contributed by atoms with van der Waals surface area (Å²) >= 11 is 0. The minimum atomic E-state index is -1.09. The molecule has 1 heterocycles. The zero-order valence-electron chi connectivity index (χ0n) is 19.7. The van der Waals surface area contributed by atoms with Gasteiger partial charge in [-0.15, -0.1) is 0 Å². The van der Waals surface area contributed by atoms with E-state index in [0.29, 0.717) is 0 Å². The summed E-state index contributed by atoms with van der Waals surface area (Å²) in [5.74, 6) is -0.352. The molecule has 2 aromatic rings. The van der Waals surface area contributed by atoms with Gasteiger partial charge >= 0.3 is 5.97 Å². The molecule has 7 nitrogen and oxygen atoms in total. The van der Waals surface area contributed by atoms with Crippen molar-refractivity contribution >= 4 is 5.97 Å². The molecule has 1 fully saturated rings. The number of esters is 1. The maximum atomic E-state index is 12.4. The van der Waals surface area contributed by atoms with Crippen LogP contribution in [0.15, 0.2) is 60.7 Å². The van der Waals surface area contributed by atoms with Gasteiger partial charge in [-0.1, -0.05) is 60.7 Å². The van der Waals surface area contributed by atoms with Crippen LogP contribution in [0.2, 0.25) is 0 Å². The highest BCUT2D eigenvalue weighted by Crippen LogP contribution is 2.29. The Bertz CT molecular complexity index is 850. The van der Waals surface area contributed by atoms with Crippen molar-refractivity contribution in [2.75, 3.05) is 13.7 Å². The molecule has 0 amide bonds. The Morgan fingerprint density at radius 1 is 0.909 bits per heavy atom. The summed E-state index contributed by atoms with van der Waals surface area (Å²) in [6.45, 7) is 5.87. The number of ether oxygens (including phenoxy) is 5. The summed E-state index contributed by atoms with van der Waals surface area (Å²) in [7, 11) is 1.45. The first kappa shape index (κ1) is 25.3. The van der Waals surface area contributed by atoms with Crippen molar-refractivity contribution in [1.82, 2.24) is 0 Å². The molecule has 0 bridgehead atoms. The van der Waals surface area contributed by atoms with E-state index in [9.17, 15) is 9.90 Å². The fraction of sp³-hybridized carbons (Fsp3) is 0.500. The van der Waals surface area contributed by atoms with Crippen LogP contribution in [0.4, 0.5) is 0 Å². The summed E-state index contributed by atoms with van der Waals surface area (Å²) < 4.78 is 29.2. The van der Waals surface area contributed by atoms with Gasteiger partial charge in [-0.3, -0.25) is 4.79 Å². The minimum Gasteiger partial charge on any atom is -0.462 e. The molecule has 0 unspecified atom stereocenters. The number of aliphatic hydroxyl groups excluding tert-OH is 1. The minimum absolute atomic E-state index is 0.0483. The lowest BCUT2D eigenvalue weighted by Gasteiger charge is -2.43. The molecule has 1 saturated heterocycles. The van der Waals surface area contributed by atoms with E-state index in [4.69, 9.17) is 23.7 Å². The van der Waals surface area contributed by atoms with Crippen molar-refractivity contribution in [3.8, 4) is 0 Å². The molecular formula is C26H34O7. The molecule has 2 aromatic carbocycles.